The normalized spacial score (nSPS) is 13.3. The largest absolute Gasteiger partial charge is 0.361 e. The number of nitrogens with two attached hydrogens (primary N) is 1. The van der Waals surface area contributed by atoms with Crippen LogP contribution < -0.4 is 11.3 Å². The van der Waals surface area contributed by atoms with Crippen LogP contribution in [0.25, 0.3) is 10.9 Å². The van der Waals surface area contributed by atoms with Crippen LogP contribution in [-0.4, -0.2) is 11.0 Å². The van der Waals surface area contributed by atoms with Crippen molar-refractivity contribution >= 4 is 10.9 Å². The maximum Gasteiger partial charge on any atom is 0.0456 e. The van der Waals surface area contributed by atoms with Crippen LogP contribution >= 0.6 is 0 Å². The summed E-state index contributed by atoms with van der Waals surface area (Å²) in [5.41, 5.74) is 5.25. The van der Waals surface area contributed by atoms with Crippen molar-refractivity contribution in [1.82, 2.24) is 10.4 Å². The highest BCUT2D eigenvalue weighted by Gasteiger charge is 2.05. The first-order valence-corrected chi connectivity index (χ1v) is 4.82. The molecular weight excluding hydrogens is 174 g/mol. The van der Waals surface area contributed by atoms with Gasteiger partial charge in [-0.15, -0.1) is 0 Å². The molecule has 3 nitrogen and oxygen atoms in total. The molecule has 0 aliphatic rings. The van der Waals surface area contributed by atoms with Gasteiger partial charge in [0.25, 0.3) is 0 Å². The van der Waals surface area contributed by atoms with Crippen molar-refractivity contribution in [2.75, 3.05) is 0 Å². The van der Waals surface area contributed by atoms with Gasteiger partial charge >= 0.3 is 0 Å². The van der Waals surface area contributed by atoms with Crippen molar-refractivity contribution in [1.29, 1.82) is 0 Å². The van der Waals surface area contributed by atoms with E-state index in [1.54, 1.807) is 0 Å². The van der Waals surface area contributed by atoms with E-state index in [0.717, 1.165) is 6.42 Å². The zero-order chi connectivity index (χ0) is 9.97. The van der Waals surface area contributed by atoms with Crippen molar-refractivity contribution in [2.45, 2.75) is 19.4 Å². The number of hydrazine groups is 1. The summed E-state index contributed by atoms with van der Waals surface area (Å²) in [7, 11) is 0. The van der Waals surface area contributed by atoms with Crippen LogP contribution in [0.2, 0.25) is 0 Å². The number of para-hydroxylation sites is 1. The second-order valence-electron chi connectivity index (χ2n) is 3.63. The molecule has 0 radical (unpaired) electrons. The molecular formula is C11H15N3. The summed E-state index contributed by atoms with van der Waals surface area (Å²) in [6, 6.07) is 8.60. The Morgan fingerprint density at radius 3 is 3.00 bits per heavy atom. The molecule has 0 aliphatic heterocycles. The lowest BCUT2D eigenvalue weighted by Gasteiger charge is -2.07. The van der Waals surface area contributed by atoms with Gasteiger partial charge in [0, 0.05) is 23.1 Å². The molecule has 2 aromatic rings. The molecule has 0 saturated carbocycles. The Balaban J connectivity index is 2.33. The van der Waals surface area contributed by atoms with Crippen molar-refractivity contribution in [3.8, 4) is 0 Å². The molecule has 0 bridgehead atoms. The summed E-state index contributed by atoms with van der Waals surface area (Å²) < 4.78 is 0. The van der Waals surface area contributed by atoms with Gasteiger partial charge in [0.05, 0.1) is 0 Å². The molecule has 0 fully saturated rings. The van der Waals surface area contributed by atoms with Gasteiger partial charge < -0.3 is 4.98 Å². The second-order valence-corrected chi connectivity index (χ2v) is 3.63. The number of rotatable bonds is 3. The lowest BCUT2D eigenvalue weighted by atomic mass is 10.1. The Kier molecular flexibility index (Phi) is 2.52. The number of hydrogen-bond acceptors (Lipinski definition) is 2. The van der Waals surface area contributed by atoms with Gasteiger partial charge in [-0.05, 0) is 25.0 Å². The van der Waals surface area contributed by atoms with E-state index in [4.69, 9.17) is 5.84 Å². The predicted molar refractivity (Wildman–Crippen MR) is 58.8 cm³/mol. The van der Waals surface area contributed by atoms with Gasteiger partial charge in [0.2, 0.25) is 0 Å². The summed E-state index contributed by atoms with van der Waals surface area (Å²) in [5, 5.41) is 1.29. The molecule has 1 heterocycles. The van der Waals surface area contributed by atoms with Gasteiger partial charge in [-0.1, -0.05) is 18.2 Å². The van der Waals surface area contributed by atoms with Gasteiger partial charge in [0.1, 0.15) is 0 Å². The topological polar surface area (TPSA) is 53.8 Å². The number of hydrogen-bond donors (Lipinski definition) is 3. The number of aromatic nitrogens is 1. The summed E-state index contributed by atoms with van der Waals surface area (Å²) in [4.78, 5) is 3.25. The number of fused-ring (bicyclic) bond motifs is 1. The van der Waals surface area contributed by atoms with E-state index in [-0.39, 0.29) is 0 Å². The SMILES string of the molecule is CC(Cc1c[nH]c2ccccc12)NN. The van der Waals surface area contributed by atoms with Crippen LogP contribution in [0.4, 0.5) is 0 Å². The third-order valence-corrected chi connectivity index (χ3v) is 2.49. The Hall–Kier alpha value is -1.32. The molecule has 3 heteroatoms. The maximum absolute atomic E-state index is 5.37. The van der Waals surface area contributed by atoms with Gasteiger partial charge in [-0.2, -0.15) is 0 Å². The zero-order valence-electron chi connectivity index (χ0n) is 8.25. The lowest BCUT2D eigenvalue weighted by Crippen LogP contribution is -2.33. The minimum Gasteiger partial charge on any atom is -0.361 e. The van der Waals surface area contributed by atoms with Crippen molar-refractivity contribution in [3.63, 3.8) is 0 Å². The van der Waals surface area contributed by atoms with Crippen molar-refractivity contribution in [3.05, 3.63) is 36.0 Å². The molecule has 2 rings (SSSR count). The molecule has 0 aliphatic carbocycles. The highest BCUT2D eigenvalue weighted by atomic mass is 15.2. The Morgan fingerprint density at radius 2 is 2.21 bits per heavy atom. The third kappa shape index (κ3) is 1.64. The molecule has 0 spiro atoms. The monoisotopic (exact) mass is 189 g/mol. The van der Waals surface area contributed by atoms with Crippen LogP contribution in [0.5, 0.6) is 0 Å². The minimum atomic E-state index is 0.300. The summed E-state index contributed by atoms with van der Waals surface area (Å²) in [5.74, 6) is 5.37. The Morgan fingerprint density at radius 1 is 1.43 bits per heavy atom. The highest BCUT2D eigenvalue weighted by Crippen LogP contribution is 2.18. The number of benzene rings is 1. The predicted octanol–water partition coefficient (Wildman–Crippen LogP) is 1.56. The van der Waals surface area contributed by atoms with Gasteiger partial charge in [0.15, 0.2) is 0 Å². The molecule has 1 aromatic heterocycles. The molecule has 14 heavy (non-hydrogen) atoms. The summed E-state index contributed by atoms with van der Waals surface area (Å²) >= 11 is 0. The van der Waals surface area contributed by atoms with Gasteiger partial charge in [-0.3, -0.25) is 11.3 Å². The van der Waals surface area contributed by atoms with Crippen LogP contribution in [0.3, 0.4) is 0 Å². The van der Waals surface area contributed by atoms with E-state index in [2.05, 4.69) is 41.7 Å². The highest BCUT2D eigenvalue weighted by molar-refractivity contribution is 5.83. The van der Waals surface area contributed by atoms with E-state index in [1.807, 2.05) is 6.07 Å². The van der Waals surface area contributed by atoms with Crippen LogP contribution in [-0.2, 0) is 6.42 Å². The van der Waals surface area contributed by atoms with E-state index in [9.17, 15) is 0 Å². The fraction of sp³-hybridized carbons (Fsp3) is 0.273. The van der Waals surface area contributed by atoms with Crippen LogP contribution in [0, 0.1) is 0 Å². The van der Waals surface area contributed by atoms with Crippen LogP contribution in [0.15, 0.2) is 30.5 Å². The Labute approximate surface area is 83.3 Å². The summed E-state index contributed by atoms with van der Waals surface area (Å²) in [6.45, 7) is 2.07. The molecule has 1 unspecified atom stereocenters. The first kappa shape index (κ1) is 9.24. The fourth-order valence-electron chi connectivity index (χ4n) is 1.69. The molecule has 74 valence electrons. The van der Waals surface area contributed by atoms with Crippen molar-refractivity contribution in [2.24, 2.45) is 5.84 Å². The standard InChI is InChI=1S/C11H15N3/c1-8(14-12)6-9-7-13-11-5-3-2-4-10(9)11/h2-5,7-8,13-14H,6,12H2,1H3. The van der Waals surface area contributed by atoms with Crippen LogP contribution in [0.1, 0.15) is 12.5 Å². The van der Waals surface area contributed by atoms with E-state index in [0.29, 0.717) is 6.04 Å². The number of nitrogens with one attached hydrogen (secondary N) is 2. The molecule has 4 N–H and O–H groups in total. The smallest absolute Gasteiger partial charge is 0.0456 e. The molecule has 0 saturated heterocycles. The maximum atomic E-state index is 5.37. The van der Waals surface area contributed by atoms with Crippen molar-refractivity contribution < 1.29 is 0 Å². The zero-order valence-corrected chi connectivity index (χ0v) is 8.25. The lowest BCUT2D eigenvalue weighted by molar-refractivity contribution is 0.569. The first-order chi connectivity index (χ1) is 6.81. The third-order valence-electron chi connectivity index (χ3n) is 2.49. The Bertz CT molecular complexity index is 419. The minimum absolute atomic E-state index is 0.300. The number of aromatic amines is 1. The molecule has 1 aromatic carbocycles. The average Bonchev–Trinajstić information content (AvgIpc) is 2.62. The van der Waals surface area contributed by atoms with E-state index in [1.165, 1.54) is 16.5 Å². The fourth-order valence-corrected chi connectivity index (χ4v) is 1.69. The quantitative estimate of drug-likeness (QED) is 0.507. The number of H-pyrrole nitrogens is 1. The van der Waals surface area contributed by atoms with E-state index >= 15 is 0 Å². The first-order valence-electron chi connectivity index (χ1n) is 4.82. The summed E-state index contributed by atoms with van der Waals surface area (Å²) in [6.07, 6.45) is 3.00. The van der Waals surface area contributed by atoms with Gasteiger partial charge in [-0.25, -0.2) is 0 Å². The molecule has 1 atom stereocenters. The average molecular weight is 189 g/mol. The second kappa shape index (κ2) is 3.82. The molecule has 0 amide bonds. The van der Waals surface area contributed by atoms with E-state index < -0.39 is 0 Å².